The first-order chi connectivity index (χ1) is 15.3. The maximum atomic E-state index is 12.3. The molecule has 8 heteroatoms. The molecule has 0 bridgehead atoms. The van der Waals surface area contributed by atoms with Crippen LogP contribution in [0.5, 0.6) is 5.75 Å². The van der Waals surface area contributed by atoms with E-state index in [0.29, 0.717) is 6.42 Å². The third-order valence-electron chi connectivity index (χ3n) is 6.38. The number of aromatic nitrogens is 2. The first-order valence-electron chi connectivity index (χ1n) is 11.2. The molecule has 1 unspecified atom stereocenters. The summed E-state index contributed by atoms with van der Waals surface area (Å²) in [7, 11) is 3.56. The summed E-state index contributed by atoms with van der Waals surface area (Å²) in [5.41, 5.74) is 2.64. The number of carboxylic acids is 1. The number of aryl methyl sites for hydroxylation is 1. The number of carboxylic acid groups (broad SMARTS) is 1. The Morgan fingerprint density at radius 3 is 2.66 bits per heavy atom. The van der Waals surface area contributed by atoms with E-state index >= 15 is 0 Å². The summed E-state index contributed by atoms with van der Waals surface area (Å²) >= 11 is 0. The topological polar surface area (TPSA) is 93.9 Å². The van der Waals surface area contributed by atoms with Gasteiger partial charge in [-0.25, -0.2) is 4.79 Å². The quantitative estimate of drug-likeness (QED) is 0.647. The van der Waals surface area contributed by atoms with Gasteiger partial charge in [-0.1, -0.05) is 19.1 Å². The molecule has 0 spiro atoms. The number of hydrogen-bond acceptors (Lipinski definition) is 5. The minimum absolute atomic E-state index is 0.0773. The molecular formula is C24H33N3O5. The Kier molecular flexibility index (Phi) is 7.77. The summed E-state index contributed by atoms with van der Waals surface area (Å²) in [6.07, 6.45) is 5.17. The van der Waals surface area contributed by atoms with Gasteiger partial charge in [-0.2, -0.15) is 5.10 Å². The van der Waals surface area contributed by atoms with Crippen LogP contribution in [-0.4, -0.2) is 51.0 Å². The van der Waals surface area contributed by atoms with Crippen molar-refractivity contribution < 1.29 is 24.2 Å². The molecule has 0 aliphatic heterocycles. The predicted octanol–water partition coefficient (Wildman–Crippen LogP) is 4.48. The Hall–Kier alpha value is -3.03. The highest BCUT2D eigenvalue weighted by Crippen LogP contribution is 2.30. The zero-order valence-corrected chi connectivity index (χ0v) is 19.3. The summed E-state index contributed by atoms with van der Waals surface area (Å²) in [5, 5.41) is 13.6. The molecule has 0 radical (unpaired) electrons. The second-order valence-corrected chi connectivity index (χ2v) is 8.52. The fourth-order valence-electron chi connectivity index (χ4n) is 3.94. The fourth-order valence-corrected chi connectivity index (χ4v) is 3.94. The van der Waals surface area contributed by atoms with Crippen LogP contribution in [0.1, 0.15) is 51.6 Å². The lowest BCUT2D eigenvalue weighted by atomic mass is 9.87. The number of nitrogens with zero attached hydrogens (tertiary/aromatic N) is 3. The number of hydrogen-bond donors (Lipinski definition) is 1. The monoisotopic (exact) mass is 443 g/mol. The number of amides is 1. The molecule has 3 atom stereocenters. The highest BCUT2D eigenvalue weighted by atomic mass is 16.6. The molecule has 1 fully saturated rings. The molecule has 1 aliphatic rings. The van der Waals surface area contributed by atoms with Crippen molar-refractivity contribution in [1.82, 2.24) is 14.7 Å². The van der Waals surface area contributed by atoms with Gasteiger partial charge in [0.05, 0.1) is 23.9 Å². The van der Waals surface area contributed by atoms with Crippen molar-refractivity contribution in [1.29, 1.82) is 0 Å². The van der Waals surface area contributed by atoms with Gasteiger partial charge < -0.3 is 19.5 Å². The van der Waals surface area contributed by atoms with Gasteiger partial charge in [0, 0.05) is 25.7 Å². The maximum Gasteiger partial charge on any atom is 0.410 e. The zero-order chi connectivity index (χ0) is 23.3. The molecule has 1 heterocycles. The van der Waals surface area contributed by atoms with Crippen LogP contribution in [0.15, 0.2) is 30.5 Å². The van der Waals surface area contributed by atoms with Gasteiger partial charge in [-0.3, -0.25) is 9.48 Å². The van der Waals surface area contributed by atoms with Crippen LogP contribution in [0, 0.1) is 5.92 Å². The van der Waals surface area contributed by atoms with E-state index in [1.54, 1.807) is 22.8 Å². The number of benzene rings is 1. The molecule has 1 amide bonds. The Morgan fingerprint density at radius 2 is 2.00 bits per heavy atom. The maximum absolute atomic E-state index is 12.3. The molecule has 8 nitrogen and oxygen atoms in total. The standard InChI is InChI=1S/C24H33N3O5/c1-5-16(2)26(3)24(30)31-15-22-21(14-25-27(22)4)17-9-11-19(12-10-17)32-20-8-6-7-18(13-20)23(28)29/h9-12,14,16,18,20H,5-8,13,15H2,1-4H3,(H,28,29)/t16?,18-,20-/m0/s1. The van der Waals surface area contributed by atoms with E-state index < -0.39 is 5.97 Å². The fraction of sp³-hybridized carbons (Fsp3) is 0.542. The van der Waals surface area contributed by atoms with Crippen LogP contribution < -0.4 is 4.74 Å². The lowest BCUT2D eigenvalue weighted by Crippen LogP contribution is -2.35. The molecule has 1 saturated carbocycles. The van der Waals surface area contributed by atoms with Crippen molar-refractivity contribution in [3.8, 4) is 16.9 Å². The number of aliphatic carboxylic acids is 1. The highest BCUT2D eigenvalue weighted by Gasteiger charge is 2.28. The van der Waals surface area contributed by atoms with Gasteiger partial charge in [0.15, 0.2) is 0 Å². The lowest BCUT2D eigenvalue weighted by Gasteiger charge is -2.27. The van der Waals surface area contributed by atoms with Crippen LogP contribution >= 0.6 is 0 Å². The molecule has 1 aromatic carbocycles. The molecule has 3 rings (SSSR count). The third kappa shape index (κ3) is 5.60. The molecule has 0 saturated heterocycles. The SMILES string of the molecule is CCC(C)N(C)C(=O)OCc1c(-c2ccc(O[C@H]3CCC[C@H](C(=O)O)C3)cc2)cnn1C. The van der Waals surface area contributed by atoms with Crippen molar-refractivity contribution >= 4 is 12.1 Å². The number of rotatable bonds is 8. The van der Waals surface area contributed by atoms with E-state index in [4.69, 9.17) is 9.47 Å². The van der Waals surface area contributed by atoms with Gasteiger partial charge in [0.1, 0.15) is 12.4 Å². The van der Waals surface area contributed by atoms with E-state index in [1.807, 2.05) is 45.2 Å². The molecule has 2 aromatic rings. The number of carbonyl (C=O) groups excluding carboxylic acids is 1. The van der Waals surface area contributed by atoms with Crippen molar-refractivity contribution in [3.63, 3.8) is 0 Å². The predicted molar refractivity (Wildman–Crippen MR) is 120 cm³/mol. The minimum Gasteiger partial charge on any atom is -0.490 e. The molecule has 1 aliphatic carbocycles. The zero-order valence-electron chi connectivity index (χ0n) is 19.3. The van der Waals surface area contributed by atoms with Crippen molar-refractivity contribution in [2.75, 3.05) is 7.05 Å². The summed E-state index contributed by atoms with van der Waals surface area (Å²) in [5.74, 6) is -0.348. The minimum atomic E-state index is -0.742. The van der Waals surface area contributed by atoms with Crippen LogP contribution in [0.4, 0.5) is 4.79 Å². The lowest BCUT2D eigenvalue weighted by molar-refractivity contribution is -0.143. The van der Waals surface area contributed by atoms with Gasteiger partial charge in [0.2, 0.25) is 0 Å². The molecular weight excluding hydrogens is 410 g/mol. The second kappa shape index (κ2) is 10.5. The van der Waals surface area contributed by atoms with E-state index in [-0.39, 0.29) is 30.8 Å². The van der Waals surface area contributed by atoms with E-state index in [1.165, 1.54) is 0 Å². The largest absolute Gasteiger partial charge is 0.490 e. The molecule has 174 valence electrons. The van der Waals surface area contributed by atoms with Gasteiger partial charge in [-0.15, -0.1) is 0 Å². The van der Waals surface area contributed by atoms with Crippen LogP contribution in [0.3, 0.4) is 0 Å². The van der Waals surface area contributed by atoms with Gasteiger partial charge in [0.25, 0.3) is 0 Å². The molecule has 1 N–H and O–H groups in total. The number of ether oxygens (including phenoxy) is 2. The van der Waals surface area contributed by atoms with Crippen molar-refractivity contribution in [3.05, 3.63) is 36.2 Å². The molecule has 1 aromatic heterocycles. The average molecular weight is 444 g/mol. The van der Waals surface area contributed by atoms with Crippen LogP contribution in [0.25, 0.3) is 11.1 Å². The smallest absolute Gasteiger partial charge is 0.410 e. The number of carbonyl (C=O) groups is 2. The van der Waals surface area contributed by atoms with Gasteiger partial charge >= 0.3 is 12.1 Å². The third-order valence-corrected chi connectivity index (χ3v) is 6.38. The van der Waals surface area contributed by atoms with Gasteiger partial charge in [-0.05, 0) is 56.7 Å². The second-order valence-electron chi connectivity index (χ2n) is 8.52. The average Bonchev–Trinajstić information content (AvgIpc) is 3.17. The highest BCUT2D eigenvalue weighted by molar-refractivity contribution is 5.70. The Labute approximate surface area is 189 Å². The van der Waals surface area contributed by atoms with Crippen molar-refractivity contribution in [2.24, 2.45) is 13.0 Å². The van der Waals surface area contributed by atoms with Crippen molar-refractivity contribution in [2.45, 2.75) is 64.7 Å². The van der Waals surface area contributed by atoms with E-state index in [9.17, 15) is 14.7 Å². The Balaban J connectivity index is 1.65. The first kappa shape index (κ1) is 23.6. The summed E-state index contributed by atoms with van der Waals surface area (Å²) in [6.45, 7) is 4.14. The summed E-state index contributed by atoms with van der Waals surface area (Å²) < 4.78 is 13.3. The summed E-state index contributed by atoms with van der Waals surface area (Å²) in [4.78, 5) is 25.2. The normalized spacial score (nSPS) is 19.2. The van der Waals surface area contributed by atoms with E-state index in [2.05, 4.69) is 5.10 Å². The Bertz CT molecular complexity index is 924. The Morgan fingerprint density at radius 1 is 1.28 bits per heavy atom. The van der Waals surface area contributed by atoms with E-state index in [0.717, 1.165) is 48.3 Å². The first-order valence-corrected chi connectivity index (χ1v) is 11.2. The van der Waals surface area contributed by atoms with Crippen LogP contribution in [0.2, 0.25) is 0 Å². The van der Waals surface area contributed by atoms with Crippen LogP contribution in [-0.2, 0) is 23.2 Å². The molecule has 32 heavy (non-hydrogen) atoms. The summed E-state index contributed by atoms with van der Waals surface area (Å²) in [6, 6.07) is 7.77.